The molecule has 0 aliphatic carbocycles. The van der Waals surface area contributed by atoms with Crippen molar-refractivity contribution in [1.29, 1.82) is 0 Å². The average molecular weight is 381 g/mol. The summed E-state index contributed by atoms with van der Waals surface area (Å²) < 4.78 is 11.1. The van der Waals surface area contributed by atoms with Crippen LogP contribution in [0.2, 0.25) is 0 Å². The van der Waals surface area contributed by atoms with Crippen LogP contribution in [0.25, 0.3) is 6.08 Å². The van der Waals surface area contributed by atoms with Crippen LogP contribution in [-0.4, -0.2) is 30.1 Å². The quantitative estimate of drug-likeness (QED) is 0.583. The van der Waals surface area contributed by atoms with Crippen LogP contribution in [0.5, 0.6) is 5.75 Å². The molecule has 2 aromatic rings. The number of carbonyl (C=O) groups is 2. The molecular weight excluding hydrogens is 354 g/mol. The summed E-state index contributed by atoms with van der Waals surface area (Å²) >= 11 is 0. The number of aryl methyl sites for hydroxylation is 1. The highest BCUT2D eigenvalue weighted by atomic mass is 16.6. The Hall–Kier alpha value is -3.08. The van der Waals surface area contributed by atoms with Gasteiger partial charge in [-0.1, -0.05) is 48.5 Å². The van der Waals surface area contributed by atoms with Crippen molar-refractivity contribution in [3.63, 3.8) is 0 Å². The Morgan fingerprint density at radius 3 is 2.32 bits per heavy atom. The Labute approximate surface area is 166 Å². The van der Waals surface area contributed by atoms with E-state index in [1.54, 1.807) is 12.1 Å². The molecule has 0 bridgehead atoms. The highest BCUT2D eigenvalue weighted by molar-refractivity contribution is 5.87. The van der Waals surface area contributed by atoms with E-state index in [9.17, 15) is 9.59 Å². The van der Waals surface area contributed by atoms with Crippen LogP contribution < -0.4 is 10.1 Å². The monoisotopic (exact) mass is 381 g/mol. The fraction of sp³-hybridized carbons (Fsp3) is 0.304. The molecule has 0 aromatic heterocycles. The van der Waals surface area contributed by atoms with E-state index < -0.39 is 17.6 Å². The molecular formula is C23H27NO4. The summed E-state index contributed by atoms with van der Waals surface area (Å²) in [5, 5.41) is 2.87. The van der Waals surface area contributed by atoms with Crippen molar-refractivity contribution >= 4 is 18.0 Å². The molecule has 0 saturated carbocycles. The minimum Gasteiger partial charge on any atom is -0.477 e. The highest BCUT2D eigenvalue weighted by Crippen LogP contribution is 2.18. The topological polar surface area (TPSA) is 64.6 Å². The van der Waals surface area contributed by atoms with Gasteiger partial charge < -0.3 is 14.8 Å². The zero-order valence-corrected chi connectivity index (χ0v) is 16.8. The summed E-state index contributed by atoms with van der Waals surface area (Å²) in [7, 11) is 0. The summed E-state index contributed by atoms with van der Waals surface area (Å²) in [6, 6.07) is 16.8. The lowest BCUT2D eigenvalue weighted by Crippen LogP contribution is -2.49. The van der Waals surface area contributed by atoms with Gasteiger partial charge in [-0.25, -0.2) is 4.79 Å². The lowest BCUT2D eigenvalue weighted by atomic mass is 10.1. The first-order valence-electron chi connectivity index (χ1n) is 9.19. The third-order valence-electron chi connectivity index (χ3n) is 3.74. The molecule has 1 atom stereocenters. The van der Waals surface area contributed by atoms with Crippen LogP contribution >= 0.6 is 0 Å². The summed E-state index contributed by atoms with van der Waals surface area (Å²) in [5.41, 5.74) is 1.35. The van der Waals surface area contributed by atoms with E-state index >= 15 is 0 Å². The number of hydrogen-bond acceptors (Lipinski definition) is 4. The lowest BCUT2D eigenvalue weighted by molar-refractivity contribution is -0.143. The second kappa shape index (κ2) is 9.74. The van der Waals surface area contributed by atoms with E-state index in [1.807, 2.05) is 76.2 Å². The van der Waals surface area contributed by atoms with Crippen molar-refractivity contribution in [3.05, 3.63) is 71.8 Å². The van der Waals surface area contributed by atoms with Gasteiger partial charge in [0.05, 0.1) is 0 Å². The maximum atomic E-state index is 12.6. The standard InChI is InChI=1S/C23H27NO4/c1-17-10-8-9-13-19(17)28-20(22(26)24-23(2,3)4)16-27-21(25)15-14-18-11-6-5-7-12-18/h5-15,20H,16H2,1-4H3,(H,24,26). The number of amides is 1. The van der Waals surface area contributed by atoms with Crippen LogP contribution in [0.1, 0.15) is 31.9 Å². The summed E-state index contributed by atoms with van der Waals surface area (Å²) in [4.78, 5) is 24.7. The molecule has 0 heterocycles. The van der Waals surface area contributed by atoms with Crippen LogP contribution in [0.15, 0.2) is 60.7 Å². The first-order chi connectivity index (χ1) is 13.2. The van der Waals surface area contributed by atoms with E-state index in [-0.39, 0.29) is 12.5 Å². The third-order valence-corrected chi connectivity index (χ3v) is 3.74. The van der Waals surface area contributed by atoms with E-state index in [0.29, 0.717) is 5.75 Å². The summed E-state index contributed by atoms with van der Waals surface area (Å²) in [6.07, 6.45) is 2.05. The number of carbonyl (C=O) groups excluding carboxylic acids is 2. The van der Waals surface area contributed by atoms with Gasteiger partial charge in [-0.15, -0.1) is 0 Å². The fourth-order valence-corrected chi connectivity index (χ4v) is 2.39. The third kappa shape index (κ3) is 7.27. The predicted octanol–water partition coefficient (Wildman–Crippen LogP) is 3.91. The molecule has 28 heavy (non-hydrogen) atoms. The molecule has 5 nitrogen and oxygen atoms in total. The maximum Gasteiger partial charge on any atom is 0.330 e. The molecule has 2 aromatic carbocycles. The van der Waals surface area contributed by atoms with Crippen molar-refractivity contribution < 1.29 is 19.1 Å². The maximum absolute atomic E-state index is 12.6. The van der Waals surface area contributed by atoms with Gasteiger partial charge in [0.1, 0.15) is 12.4 Å². The molecule has 0 aliphatic rings. The molecule has 0 aliphatic heterocycles. The van der Waals surface area contributed by atoms with Gasteiger partial charge in [-0.05, 0) is 51.0 Å². The van der Waals surface area contributed by atoms with Crippen molar-refractivity contribution in [3.8, 4) is 5.75 Å². The second-order valence-corrected chi connectivity index (χ2v) is 7.49. The molecule has 0 spiro atoms. The summed E-state index contributed by atoms with van der Waals surface area (Å²) in [5.74, 6) is -0.297. The molecule has 0 saturated heterocycles. The van der Waals surface area contributed by atoms with Crippen molar-refractivity contribution in [1.82, 2.24) is 5.32 Å². The Balaban J connectivity index is 2.04. The van der Waals surface area contributed by atoms with Gasteiger partial charge in [-0.2, -0.15) is 0 Å². The number of nitrogens with one attached hydrogen (secondary N) is 1. The number of esters is 1. The number of para-hydroxylation sites is 1. The SMILES string of the molecule is Cc1ccccc1OC(COC(=O)C=Cc1ccccc1)C(=O)NC(C)(C)C. The smallest absolute Gasteiger partial charge is 0.330 e. The molecule has 1 amide bonds. The van der Waals surface area contributed by atoms with Gasteiger partial charge >= 0.3 is 5.97 Å². The lowest BCUT2D eigenvalue weighted by Gasteiger charge is -2.25. The van der Waals surface area contributed by atoms with Gasteiger partial charge in [0.2, 0.25) is 6.10 Å². The van der Waals surface area contributed by atoms with Crippen LogP contribution in [0.3, 0.4) is 0 Å². The Morgan fingerprint density at radius 1 is 1.04 bits per heavy atom. The van der Waals surface area contributed by atoms with Gasteiger partial charge in [0, 0.05) is 11.6 Å². The Morgan fingerprint density at radius 2 is 1.68 bits per heavy atom. The number of benzene rings is 2. The van der Waals surface area contributed by atoms with E-state index in [1.165, 1.54) is 6.08 Å². The number of rotatable bonds is 7. The molecule has 1 N–H and O–H groups in total. The minimum atomic E-state index is -0.950. The normalized spacial score (nSPS) is 12.4. The zero-order valence-electron chi connectivity index (χ0n) is 16.8. The first-order valence-corrected chi connectivity index (χ1v) is 9.19. The van der Waals surface area contributed by atoms with Gasteiger partial charge in [0.15, 0.2) is 0 Å². The molecule has 1 unspecified atom stereocenters. The number of ether oxygens (including phenoxy) is 2. The zero-order chi connectivity index (χ0) is 20.6. The van der Waals surface area contributed by atoms with Crippen molar-refractivity contribution in [2.45, 2.75) is 39.3 Å². The molecule has 0 fully saturated rings. The molecule has 5 heteroatoms. The highest BCUT2D eigenvalue weighted by Gasteiger charge is 2.26. The summed E-state index contributed by atoms with van der Waals surface area (Å²) in [6.45, 7) is 7.34. The van der Waals surface area contributed by atoms with Gasteiger partial charge in [-0.3, -0.25) is 4.79 Å². The fourth-order valence-electron chi connectivity index (χ4n) is 2.39. The van der Waals surface area contributed by atoms with Crippen LogP contribution in [0.4, 0.5) is 0 Å². The van der Waals surface area contributed by atoms with E-state index in [2.05, 4.69) is 5.32 Å². The molecule has 148 valence electrons. The molecule has 2 rings (SSSR count). The Kier molecular flexibility index (Phi) is 7.38. The minimum absolute atomic E-state index is 0.186. The van der Waals surface area contributed by atoms with Crippen LogP contribution in [-0.2, 0) is 14.3 Å². The predicted molar refractivity (Wildman–Crippen MR) is 110 cm³/mol. The average Bonchev–Trinajstić information content (AvgIpc) is 2.64. The first kappa shape index (κ1) is 21.2. The largest absolute Gasteiger partial charge is 0.477 e. The van der Waals surface area contributed by atoms with E-state index in [4.69, 9.17) is 9.47 Å². The second-order valence-electron chi connectivity index (χ2n) is 7.49. The van der Waals surface area contributed by atoms with Crippen molar-refractivity contribution in [2.75, 3.05) is 6.61 Å². The Bertz CT molecular complexity index is 822. The number of hydrogen-bond donors (Lipinski definition) is 1. The molecule has 0 radical (unpaired) electrons. The van der Waals surface area contributed by atoms with Crippen LogP contribution in [0, 0.1) is 6.92 Å². The van der Waals surface area contributed by atoms with Crippen molar-refractivity contribution in [2.24, 2.45) is 0 Å². The van der Waals surface area contributed by atoms with E-state index in [0.717, 1.165) is 11.1 Å². The van der Waals surface area contributed by atoms with Gasteiger partial charge in [0.25, 0.3) is 5.91 Å².